The molecule has 5 nitrogen and oxygen atoms in total. The maximum Gasteiger partial charge on any atom is 0.337 e. The summed E-state index contributed by atoms with van der Waals surface area (Å²) in [6.45, 7) is 0.782. The number of hydrogen-bond donors (Lipinski definition) is 3. The molecule has 20 heavy (non-hydrogen) atoms. The van der Waals surface area contributed by atoms with Crippen LogP contribution in [0.3, 0.4) is 0 Å². The molecule has 2 rings (SSSR count). The van der Waals surface area contributed by atoms with E-state index in [1.807, 2.05) is 30.3 Å². The number of rotatable bonds is 4. The molecule has 0 aromatic heterocycles. The molecule has 1 atom stereocenters. The topological polar surface area (TPSA) is 86.6 Å². The van der Waals surface area contributed by atoms with E-state index in [0.29, 0.717) is 5.56 Å². The molecule has 1 unspecified atom stereocenters. The molecular formula is C15H15NO4. The van der Waals surface area contributed by atoms with Gasteiger partial charge in [0, 0.05) is 5.56 Å². The van der Waals surface area contributed by atoms with Crippen molar-refractivity contribution in [2.24, 2.45) is 0 Å². The van der Waals surface area contributed by atoms with Gasteiger partial charge in [0.1, 0.15) is 0 Å². The highest BCUT2D eigenvalue weighted by Crippen LogP contribution is 2.15. The van der Waals surface area contributed by atoms with E-state index < -0.39 is 17.5 Å². The fraction of sp³-hybridized carbons (Fsp3) is 0.200. The van der Waals surface area contributed by atoms with Crippen LogP contribution in [0.25, 0.3) is 10.8 Å². The maximum atomic E-state index is 11.9. The zero-order valence-electron chi connectivity index (χ0n) is 11.0. The number of carbonyl (C=O) groups excluding carboxylic acids is 1. The number of aliphatic hydroxyl groups is 1. The number of carboxylic acid groups (broad SMARTS) is 1. The molecule has 1 amide bonds. The average Bonchev–Trinajstić information content (AvgIpc) is 2.44. The van der Waals surface area contributed by atoms with Crippen molar-refractivity contribution < 1.29 is 19.8 Å². The van der Waals surface area contributed by atoms with Crippen molar-refractivity contribution in [2.75, 3.05) is 6.54 Å². The Morgan fingerprint density at radius 2 is 1.80 bits per heavy atom. The minimum Gasteiger partial charge on any atom is -0.479 e. The first kappa shape index (κ1) is 14.0. The minimum absolute atomic E-state index is 0.353. The van der Waals surface area contributed by atoms with Crippen LogP contribution in [0, 0.1) is 0 Å². The van der Waals surface area contributed by atoms with Gasteiger partial charge in [0.05, 0.1) is 6.54 Å². The van der Waals surface area contributed by atoms with E-state index in [9.17, 15) is 14.7 Å². The lowest BCUT2D eigenvalue weighted by Crippen LogP contribution is -2.46. The first-order valence-electron chi connectivity index (χ1n) is 6.13. The van der Waals surface area contributed by atoms with Crippen LogP contribution < -0.4 is 5.32 Å². The molecule has 3 N–H and O–H groups in total. The summed E-state index contributed by atoms with van der Waals surface area (Å²) < 4.78 is 0. The van der Waals surface area contributed by atoms with Crippen LogP contribution in [0.15, 0.2) is 42.5 Å². The summed E-state index contributed by atoms with van der Waals surface area (Å²) in [7, 11) is 0. The van der Waals surface area contributed by atoms with Crippen molar-refractivity contribution in [2.45, 2.75) is 12.5 Å². The van der Waals surface area contributed by atoms with Gasteiger partial charge < -0.3 is 15.5 Å². The van der Waals surface area contributed by atoms with E-state index in [-0.39, 0.29) is 6.54 Å². The number of amides is 1. The van der Waals surface area contributed by atoms with Crippen LogP contribution in [0.5, 0.6) is 0 Å². The zero-order valence-corrected chi connectivity index (χ0v) is 11.0. The van der Waals surface area contributed by atoms with Crippen molar-refractivity contribution in [3.05, 3.63) is 48.0 Å². The van der Waals surface area contributed by atoms with Gasteiger partial charge in [-0.15, -0.1) is 0 Å². The number of fused-ring (bicyclic) bond motifs is 1. The van der Waals surface area contributed by atoms with Gasteiger partial charge in [0.25, 0.3) is 5.91 Å². The second-order valence-corrected chi connectivity index (χ2v) is 4.82. The maximum absolute atomic E-state index is 11.9. The Hall–Kier alpha value is -2.40. The Labute approximate surface area is 115 Å². The van der Waals surface area contributed by atoms with Crippen LogP contribution in [-0.2, 0) is 4.79 Å². The number of hydrogen-bond acceptors (Lipinski definition) is 3. The van der Waals surface area contributed by atoms with E-state index in [1.165, 1.54) is 0 Å². The minimum atomic E-state index is -1.98. The summed E-state index contributed by atoms with van der Waals surface area (Å²) >= 11 is 0. The number of benzene rings is 2. The molecule has 0 saturated carbocycles. The summed E-state index contributed by atoms with van der Waals surface area (Å²) in [5.74, 6) is -1.80. The first-order valence-corrected chi connectivity index (χ1v) is 6.13. The molecular weight excluding hydrogens is 258 g/mol. The SMILES string of the molecule is CC(O)(CNC(=O)c1ccc2ccccc2c1)C(=O)O. The van der Waals surface area contributed by atoms with Crippen LogP contribution in [0.1, 0.15) is 17.3 Å². The number of nitrogens with one attached hydrogen (secondary N) is 1. The fourth-order valence-corrected chi connectivity index (χ4v) is 1.76. The van der Waals surface area contributed by atoms with Crippen molar-refractivity contribution in [1.29, 1.82) is 0 Å². The molecule has 0 radical (unpaired) electrons. The first-order chi connectivity index (χ1) is 9.40. The number of carbonyl (C=O) groups is 2. The molecule has 0 spiro atoms. The largest absolute Gasteiger partial charge is 0.479 e. The Morgan fingerprint density at radius 3 is 2.45 bits per heavy atom. The predicted octanol–water partition coefficient (Wildman–Crippen LogP) is 1.41. The van der Waals surface area contributed by atoms with Gasteiger partial charge in [-0.3, -0.25) is 4.79 Å². The Kier molecular flexibility index (Phi) is 3.72. The van der Waals surface area contributed by atoms with E-state index in [0.717, 1.165) is 17.7 Å². The third-order valence-electron chi connectivity index (χ3n) is 3.07. The molecule has 0 bridgehead atoms. The molecule has 2 aromatic rings. The smallest absolute Gasteiger partial charge is 0.337 e. The van der Waals surface area contributed by atoms with E-state index in [4.69, 9.17) is 5.11 Å². The Bertz CT molecular complexity index is 664. The quantitative estimate of drug-likeness (QED) is 0.786. The van der Waals surface area contributed by atoms with Gasteiger partial charge >= 0.3 is 5.97 Å². The highest BCUT2D eigenvalue weighted by atomic mass is 16.4. The number of carboxylic acids is 1. The molecule has 2 aromatic carbocycles. The lowest BCUT2D eigenvalue weighted by atomic mass is 10.1. The van der Waals surface area contributed by atoms with Gasteiger partial charge in [-0.1, -0.05) is 30.3 Å². The van der Waals surface area contributed by atoms with Gasteiger partial charge in [-0.2, -0.15) is 0 Å². The van der Waals surface area contributed by atoms with Crippen molar-refractivity contribution >= 4 is 22.6 Å². The number of aliphatic carboxylic acids is 1. The summed E-state index contributed by atoms with van der Waals surface area (Å²) in [4.78, 5) is 22.7. The molecule has 0 aliphatic rings. The lowest BCUT2D eigenvalue weighted by Gasteiger charge is -2.18. The summed E-state index contributed by atoms with van der Waals surface area (Å²) in [6.07, 6.45) is 0. The molecule has 5 heteroatoms. The van der Waals surface area contributed by atoms with E-state index in [2.05, 4.69) is 5.32 Å². The Balaban J connectivity index is 2.14. The van der Waals surface area contributed by atoms with Gasteiger partial charge in [0.2, 0.25) is 0 Å². The standard InChI is InChI=1S/C15H15NO4/c1-15(20,14(18)19)9-16-13(17)12-7-6-10-4-2-3-5-11(10)8-12/h2-8,20H,9H2,1H3,(H,16,17)(H,18,19). The zero-order chi connectivity index (χ0) is 14.8. The molecule has 104 valence electrons. The second kappa shape index (κ2) is 5.30. The molecule has 0 saturated heterocycles. The van der Waals surface area contributed by atoms with Crippen molar-refractivity contribution in [3.63, 3.8) is 0 Å². The normalized spacial score (nSPS) is 13.7. The highest BCUT2D eigenvalue weighted by Gasteiger charge is 2.30. The van der Waals surface area contributed by atoms with Crippen LogP contribution in [-0.4, -0.2) is 34.2 Å². The molecule has 0 heterocycles. The van der Waals surface area contributed by atoms with E-state index in [1.54, 1.807) is 12.1 Å². The van der Waals surface area contributed by atoms with Gasteiger partial charge in [0.15, 0.2) is 5.60 Å². The summed E-state index contributed by atoms with van der Waals surface area (Å²) in [5, 5.41) is 22.7. The van der Waals surface area contributed by atoms with E-state index >= 15 is 0 Å². The lowest BCUT2D eigenvalue weighted by molar-refractivity contribution is -0.155. The van der Waals surface area contributed by atoms with Gasteiger partial charge in [-0.05, 0) is 29.8 Å². The van der Waals surface area contributed by atoms with Crippen LogP contribution in [0.4, 0.5) is 0 Å². The summed E-state index contributed by atoms with van der Waals surface area (Å²) in [6, 6.07) is 12.8. The average molecular weight is 273 g/mol. The molecule has 0 aliphatic heterocycles. The third kappa shape index (κ3) is 2.95. The summed E-state index contributed by atoms with van der Waals surface area (Å²) in [5.41, 5.74) is -1.56. The third-order valence-corrected chi connectivity index (χ3v) is 3.07. The van der Waals surface area contributed by atoms with Gasteiger partial charge in [-0.25, -0.2) is 4.79 Å². The van der Waals surface area contributed by atoms with Crippen LogP contribution in [0.2, 0.25) is 0 Å². The highest BCUT2D eigenvalue weighted by molar-refractivity contribution is 5.98. The molecule has 0 fully saturated rings. The fourth-order valence-electron chi connectivity index (χ4n) is 1.76. The predicted molar refractivity (Wildman–Crippen MR) is 74.5 cm³/mol. The molecule has 0 aliphatic carbocycles. The van der Waals surface area contributed by atoms with Crippen LogP contribution >= 0.6 is 0 Å². The monoisotopic (exact) mass is 273 g/mol. The Morgan fingerprint density at radius 1 is 1.15 bits per heavy atom. The van der Waals surface area contributed by atoms with Crippen molar-refractivity contribution in [3.8, 4) is 0 Å². The second-order valence-electron chi connectivity index (χ2n) is 4.82. The van der Waals surface area contributed by atoms with Crippen molar-refractivity contribution in [1.82, 2.24) is 5.32 Å².